The minimum atomic E-state index is -0.937. The third-order valence-corrected chi connectivity index (χ3v) is 6.71. The number of nitriles is 1. The number of aliphatic carboxylic acids is 1. The van der Waals surface area contributed by atoms with Crippen LogP contribution >= 0.6 is 11.3 Å². The van der Waals surface area contributed by atoms with Crippen LogP contribution in [0.1, 0.15) is 63.9 Å². The van der Waals surface area contributed by atoms with Crippen LogP contribution < -0.4 is 5.32 Å². The molecular formula is C23H26N4O5S. The molecule has 0 unspecified atom stereocenters. The van der Waals surface area contributed by atoms with Crippen LogP contribution in [0.4, 0.5) is 5.00 Å². The highest BCUT2D eigenvalue weighted by Crippen LogP contribution is 2.38. The fraction of sp³-hybridized carbons (Fsp3) is 0.435. The normalized spacial score (nSPS) is 13.2. The minimum absolute atomic E-state index is 0.0869. The lowest BCUT2D eigenvalue weighted by Gasteiger charge is -2.12. The molecule has 9 nitrogen and oxygen atoms in total. The topological polar surface area (TPSA) is 134 Å². The summed E-state index contributed by atoms with van der Waals surface area (Å²) in [5.41, 5.74) is 3.00. The van der Waals surface area contributed by atoms with E-state index < -0.39 is 17.8 Å². The monoisotopic (exact) mass is 470 g/mol. The zero-order chi connectivity index (χ0) is 24.1. The predicted molar refractivity (Wildman–Crippen MR) is 123 cm³/mol. The number of carbonyl (C=O) groups is 3. The molecule has 0 fully saturated rings. The van der Waals surface area contributed by atoms with E-state index in [4.69, 9.17) is 9.84 Å². The maximum atomic E-state index is 13.0. The molecule has 0 atom stereocenters. The fourth-order valence-electron chi connectivity index (χ4n) is 3.88. The number of thiophene rings is 1. The van der Waals surface area contributed by atoms with Crippen LogP contribution in [0.25, 0.3) is 6.08 Å². The van der Waals surface area contributed by atoms with Gasteiger partial charge in [-0.25, -0.2) is 4.79 Å². The van der Waals surface area contributed by atoms with Crippen molar-refractivity contribution in [3.05, 3.63) is 38.5 Å². The lowest BCUT2D eigenvalue weighted by molar-refractivity contribution is -0.137. The Morgan fingerprint density at radius 2 is 2.03 bits per heavy atom. The van der Waals surface area contributed by atoms with Gasteiger partial charge in [0.25, 0.3) is 5.91 Å². The van der Waals surface area contributed by atoms with Gasteiger partial charge in [-0.05, 0) is 58.1 Å². The number of ether oxygens (including phenoxy) is 1. The summed E-state index contributed by atoms with van der Waals surface area (Å²) < 4.78 is 6.77. The highest BCUT2D eigenvalue weighted by atomic mass is 32.1. The van der Waals surface area contributed by atoms with Gasteiger partial charge in [0.05, 0.1) is 30.8 Å². The van der Waals surface area contributed by atoms with Gasteiger partial charge in [-0.2, -0.15) is 10.4 Å². The van der Waals surface area contributed by atoms with Crippen molar-refractivity contribution < 1.29 is 24.2 Å². The van der Waals surface area contributed by atoms with Gasteiger partial charge in [-0.15, -0.1) is 11.3 Å². The molecule has 10 heteroatoms. The number of nitrogens with one attached hydrogen (secondary N) is 1. The maximum absolute atomic E-state index is 13.0. The second-order valence-corrected chi connectivity index (χ2v) is 8.82. The van der Waals surface area contributed by atoms with Crippen LogP contribution in [0, 0.1) is 25.2 Å². The van der Waals surface area contributed by atoms with Crippen molar-refractivity contribution in [1.29, 1.82) is 5.26 Å². The number of aryl methyl sites for hydroxylation is 3. The third-order valence-electron chi connectivity index (χ3n) is 5.51. The molecule has 1 aliphatic carbocycles. The summed E-state index contributed by atoms with van der Waals surface area (Å²) in [6, 6.07) is 1.93. The Hall–Kier alpha value is -3.45. The predicted octanol–water partition coefficient (Wildman–Crippen LogP) is 3.64. The van der Waals surface area contributed by atoms with Crippen LogP contribution in [0.3, 0.4) is 0 Å². The summed E-state index contributed by atoms with van der Waals surface area (Å²) >= 11 is 1.36. The largest absolute Gasteiger partial charge is 0.481 e. The molecule has 1 amide bonds. The lowest BCUT2D eigenvalue weighted by Crippen LogP contribution is -2.16. The van der Waals surface area contributed by atoms with Crippen molar-refractivity contribution in [2.45, 2.75) is 59.4 Å². The van der Waals surface area contributed by atoms with Gasteiger partial charge >= 0.3 is 11.9 Å². The number of aromatic nitrogens is 2. The number of nitrogens with zero attached hydrogens (tertiary/aromatic N) is 3. The zero-order valence-electron chi connectivity index (χ0n) is 18.9. The molecule has 0 saturated heterocycles. The van der Waals surface area contributed by atoms with Gasteiger partial charge in [0.15, 0.2) is 0 Å². The van der Waals surface area contributed by atoms with Crippen molar-refractivity contribution in [1.82, 2.24) is 9.78 Å². The van der Waals surface area contributed by atoms with Crippen LogP contribution in [-0.2, 0) is 33.7 Å². The minimum Gasteiger partial charge on any atom is -0.481 e. The molecule has 2 N–H and O–H groups in total. The van der Waals surface area contributed by atoms with E-state index in [1.54, 1.807) is 25.5 Å². The van der Waals surface area contributed by atoms with E-state index in [2.05, 4.69) is 10.4 Å². The average Bonchev–Trinajstić information content (AvgIpc) is 3.26. The van der Waals surface area contributed by atoms with Gasteiger partial charge in [-0.1, -0.05) is 0 Å². The lowest BCUT2D eigenvalue weighted by atomic mass is 9.95. The van der Waals surface area contributed by atoms with Crippen molar-refractivity contribution in [2.75, 3.05) is 11.9 Å². The highest BCUT2D eigenvalue weighted by molar-refractivity contribution is 7.17. The van der Waals surface area contributed by atoms with E-state index in [9.17, 15) is 19.6 Å². The van der Waals surface area contributed by atoms with Gasteiger partial charge < -0.3 is 15.2 Å². The van der Waals surface area contributed by atoms with Gasteiger partial charge in [0.2, 0.25) is 0 Å². The molecule has 0 radical (unpaired) electrons. The number of esters is 1. The number of carboxylic acids is 1. The quantitative estimate of drug-likeness (QED) is 0.342. The smallest absolute Gasteiger partial charge is 0.341 e. The molecule has 0 aromatic carbocycles. The second kappa shape index (κ2) is 10.4. The van der Waals surface area contributed by atoms with E-state index >= 15 is 0 Å². The number of carbonyl (C=O) groups excluding carboxylic acids is 2. The Balaban J connectivity index is 1.91. The Kier molecular flexibility index (Phi) is 7.66. The van der Waals surface area contributed by atoms with E-state index in [0.29, 0.717) is 27.5 Å². The summed E-state index contributed by atoms with van der Waals surface area (Å²) in [6.07, 6.45) is 4.95. The number of fused-ring (bicyclic) bond motifs is 1. The molecular weight excluding hydrogens is 444 g/mol. The molecule has 0 spiro atoms. The summed E-state index contributed by atoms with van der Waals surface area (Å²) in [7, 11) is 0. The molecule has 0 aliphatic heterocycles. The standard InChI is InChI=1S/C23H26N4O5S/c1-4-32-23(31)20-16-7-5-6-8-18(16)33-22(20)25-21(30)15(12-24)11-17-13(2)26-27(14(17)3)10-9-19(28)29/h11H,4-10H2,1-3H3,(H,25,30)(H,28,29)/b15-11-. The molecule has 2 aromatic rings. The maximum Gasteiger partial charge on any atom is 0.341 e. The molecule has 3 rings (SSSR count). The molecule has 1 aliphatic rings. The van der Waals surface area contributed by atoms with Gasteiger partial charge in [-0.3, -0.25) is 14.3 Å². The molecule has 2 aromatic heterocycles. The Bertz CT molecular complexity index is 1170. The SMILES string of the molecule is CCOC(=O)c1c(NC(=O)/C(C#N)=C\c2c(C)nn(CCC(=O)O)c2C)sc2c1CCCC2. The summed E-state index contributed by atoms with van der Waals surface area (Å²) in [5, 5.41) is 26.0. The Labute approximate surface area is 195 Å². The fourth-order valence-corrected chi connectivity index (χ4v) is 5.15. The summed E-state index contributed by atoms with van der Waals surface area (Å²) in [5.74, 6) is -2.03. The first-order chi connectivity index (χ1) is 15.8. The summed E-state index contributed by atoms with van der Waals surface area (Å²) in [6.45, 7) is 5.63. The Morgan fingerprint density at radius 1 is 1.30 bits per heavy atom. The van der Waals surface area contributed by atoms with Crippen LogP contribution in [0.5, 0.6) is 0 Å². The first-order valence-corrected chi connectivity index (χ1v) is 11.6. The number of amides is 1. The number of rotatable bonds is 8. The zero-order valence-corrected chi connectivity index (χ0v) is 19.7. The van der Waals surface area contributed by atoms with Gasteiger partial charge in [0.1, 0.15) is 16.6 Å². The Morgan fingerprint density at radius 3 is 2.70 bits per heavy atom. The summed E-state index contributed by atoms with van der Waals surface area (Å²) in [4.78, 5) is 37.5. The van der Waals surface area contributed by atoms with Crippen LogP contribution in [-0.4, -0.2) is 39.3 Å². The molecule has 0 bridgehead atoms. The van der Waals surface area contributed by atoms with Crippen molar-refractivity contribution in [3.8, 4) is 6.07 Å². The number of hydrogen-bond donors (Lipinski definition) is 2. The second-order valence-electron chi connectivity index (χ2n) is 7.71. The van der Waals surface area contributed by atoms with E-state index in [0.717, 1.165) is 36.1 Å². The van der Waals surface area contributed by atoms with Crippen LogP contribution in [0.2, 0.25) is 0 Å². The van der Waals surface area contributed by atoms with Crippen LogP contribution in [0.15, 0.2) is 5.57 Å². The average molecular weight is 471 g/mol. The van der Waals surface area contributed by atoms with E-state index in [1.807, 2.05) is 6.07 Å². The number of anilines is 1. The molecule has 0 saturated carbocycles. The first-order valence-electron chi connectivity index (χ1n) is 10.8. The van der Waals surface area contributed by atoms with Crippen molar-refractivity contribution >= 4 is 40.3 Å². The van der Waals surface area contributed by atoms with Gasteiger partial charge in [0, 0.05) is 16.1 Å². The van der Waals surface area contributed by atoms with E-state index in [1.165, 1.54) is 17.4 Å². The molecule has 33 heavy (non-hydrogen) atoms. The first kappa shape index (κ1) is 24.2. The third kappa shape index (κ3) is 5.31. The molecule has 2 heterocycles. The number of carboxylic acid groups (broad SMARTS) is 1. The van der Waals surface area contributed by atoms with E-state index in [-0.39, 0.29) is 25.1 Å². The number of hydrogen-bond acceptors (Lipinski definition) is 7. The van der Waals surface area contributed by atoms with Crippen molar-refractivity contribution in [2.24, 2.45) is 0 Å². The highest BCUT2D eigenvalue weighted by Gasteiger charge is 2.28. The van der Waals surface area contributed by atoms with Crippen molar-refractivity contribution in [3.63, 3.8) is 0 Å². The molecule has 174 valence electrons.